The summed E-state index contributed by atoms with van der Waals surface area (Å²) in [7, 11) is 0. The number of carbonyl (C=O) groups excluding carboxylic acids is 4. The Balaban J connectivity index is 1.51. The molecule has 178 valence electrons. The lowest BCUT2D eigenvalue weighted by Crippen LogP contribution is -2.53. The Kier molecular flexibility index (Phi) is 7.00. The molecule has 3 amide bonds. The van der Waals surface area contributed by atoms with Gasteiger partial charge in [0.15, 0.2) is 0 Å². The number of benzene rings is 2. The SMILES string of the molecule is O=C(NC1CC1)C(=O)C(Cc1ccccc1)NC(=O)[C@@H]1CCC(=O)N1Cc1c(F)cccc1F. The van der Waals surface area contributed by atoms with E-state index >= 15 is 0 Å². The second-order valence-electron chi connectivity index (χ2n) is 8.64. The van der Waals surface area contributed by atoms with Crippen LogP contribution in [0.3, 0.4) is 0 Å². The molecule has 4 rings (SSSR count). The van der Waals surface area contributed by atoms with Gasteiger partial charge >= 0.3 is 0 Å². The summed E-state index contributed by atoms with van der Waals surface area (Å²) in [6.07, 6.45) is 1.88. The number of nitrogens with one attached hydrogen (secondary N) is 2. The van der Waals surface area contributed by atoms with E-state index in [0.29, 0.717) is 0 Å². The van der Waals surface area contributed by atoms with Gasteiger partial charge in [-0.2, -0.15) is 0 Å². The molecule has 1 saturated carbocycles. The number of hydrogen-bond acceptors (Lipinski definition) is 4. The molecular formula is C25H25F2N3O4. The van der Waals surface area contributed by atoms with Gasteiger partial charge in [0, 0.05) is 24.4 Å². The average molecular weight is 469 g/mol. The topological polar surface area (TPSA) is 95.6 Å². The van der Waals surface area contributed by atoms with Crippen LogP contribution in [0.5, 0.6) is 0 Å². The summed E-state index contributed by atoms with van der Waals surface area (Å²) in [5, 5.41) is 5.25. The van der Waals surface area contributed by atoms with E-state index in [0.717, 1.165) is 35.4 Å². The van der Waals surface area contributed by atoms with Gasteiger partial charge in [-0.1, -0.05) is 36.4 Å². The minimum absolute atomic E-state index is 0.0249. The zero-order valence-corrected chi connectivity index (χ0v) is 18.4. The summed E-state index contributed by atoms with van der Waals surface area (Å²) in [4.78, 5) is 52.0. The molecule has 0 spiro atoms. The molecule has 2 N–H and O–H groups in total. The Hall–Kier alpha value is -3.62. The molecular weight excluding hydrogens is 444 g/mol. The first-order chi connectivity index (χ1) is 16.3. The smallest absolute Gasteiger partial charge is 0.289 e. The van der Waals surface area contributed by atoms with Crippen molar-refractivity contribution in [1.29, 1.82) is 0 Å². The van der Waals surface area contributed by atoms with Crippen LogP contribution < -0.4 is 10.6 Å². The zero-order valence-electron chi connectivity index (χ0n) is 18.4. The van der Waals surface area contributed by atoms with E-state index in [-0.39, 0.29) is 30.9 Å². The minimum Gasteiger partial charge on any atom is -0.347 e. The van der Waals surface area contributed by atoms with E-state index in [4.69, 9.17) is 0 Å². The predicted octanol–water partition coefficient (Wildman–Crippen LogP) is 2.03. The van der Waals surface area contributed by atoms with E-state index in [1.807, 2.05) is 6.07 Å². The van der Waals surface area contributed by atoms with Gasteiger partial charge in [0.05, 0.1) is 6.54 Å². The second-order valence-corrected chi connectivity index (χ2v) is 8.64. The number of amides is 3. The first-order valence-corrected chi connectivity index (χ1v) is 11.2. The largest absolute Gasteiger partial charge is 0.347 e. The van der Waals surface area contributed by atoms with Crippen molar-refractivity contribution in [3.63, 3.8) is 0 Å². The Labute approximate surface area is 195 Å². The van der Waals surface area contributed by atoms with Crippen molar-refractivity contribution in [2.75, 3.05) is 0 Å². The highest BCUT2D eigenvalue weighted by Gasteiger charge is 2.39. The van der Waals surface area contributed by atoms with E-state index in [1.165, 1.54) is 6.07 Å². The quantitative estimate of drug-likeness (QED) is 0.550. The van der Waals surface area contributed by atoms with E-state index in [9.17, 15) is 28.0 Å². The summed E-state index contributed by atoms with van der Waals surface area (Å²) in [6.45, 7) is -0.408. The molecule has 1 saturated heterocycles. The van der Waals surface area contributed by atoms with Crippen molar-refractivity contribution >= 4 is 23.5 Å². The van der Waals surface area contributed by atoms with Gasteiger partial charge < -0.3 is 15.5 Å². The van der Waals surface area contributed by atoms with Crippen LogP contribution in [0.2, 0.25) is 0 Å². The van der Waals surface area contributed by atoms with Crippen LogP contribution in [0.1, 0.15) is 36.8 Å². The summed E-state index contributed by atoms with van der Waals surface area (Å²) in [5.41, 5.74) is 0.435. The third-order valence-electron chi connectivity index (χ3n) is 6.07. The third kappa shape index (κ3) is 5.47. The highest BCUT2D eigenvalue weighted by atomic mass is 19.1. The Morgan fingerprint density at radius 1 is 0.971 bits per heavy atom. The van der Waals surface area contributed by atoms with Crippen molar-refractivity contribution < 1.29 is 28.0 Å². The molecule has 1 aliphatic carbocycles. The van der Waals surface area contributed by atoms with Gasteiger partial charge in [0.1, 0.15) is 23.7 Å². The first-order valence-electron chi connectivity index (χ1n) is 11.2. The molecule has 2 aliphatic rings. The van der Waals surface area contributed by atoms with E-state index < -0.39 is 53.8 Å². The monoisotopic (exact) mass is 469 g/mol. The fraction of sp³-hybridized carbons (Fsp3) is 0.360. The number of ketones is 1. The summed E-state index contributed by atoms with van der Waals surface area (Å²) >= 11 is 0. The molecule has 2 atom stereocenters. The van der Waals surface area contributed by atoms with Crippen molar-refractivity contribution in [3.05, 3.63) is 71.3 Å². The Bertz CT molecular complexity index is 1080. The lowest BCUT2D eigenvalue weighted by molar-refractivity contribution is -0.141. The predicted molar refractivity (Wildman–Crippen MR) is 118 cm³/mol. The number of rotatable bonds is 9. The van der Waals surface area contributed by atoms with Crippen molar-refractivity contribution in [1.82, 2.24) is 15.5 Å². The summed E-state index contributed by atoms with van der Waals surface area (Å²) < 4.78 is 28.3. The highest BCUT2D eigenvalue weighted by molar-refractivity contribution is 6.38. The molecule has 9 heteroatoms. The first kappa shape index (κ1) is 23.5. The molecule has 1 heterocycles. The van der Waals surface area contributed by atoms with Gasteiger partial charge in [-0.15, -0.1) is 0 Å². The number of Topliss-reactive ketones (excluding diaryl/α,β-unsaturated/α-hetero) is 1. The molecule has 7 nitrogen and oxygen atoms in total. The number of carbonyl (C=O) groups is 4. The number of halogens is 2. The van der Waals surface area contributed by atoms with E-state index in [1.54, 1.807) is 24.3 Å². The lowest BCUT2D eigenvalue weighted by atomic mass is 10.0. The molecule has 0 aromatic heterocycles. The normalized spacial score (nSPS) is 18.5. The Morgan fingerprint density at radius 2 is 1.65 bits per heavy atom. The molecule has 1 unspecified atom stereocenters. The van der Waals surface area contributed by atoms with Gasteiger partial charge in [0.2, 0.25) is 17.6 Å². The average Bonchev–Trinajstić information content (AvgIpc) is 3.56. The number of likely N-dealkylation sites (tertiary alicyclic amines) is 1. The molecule has 0 radical (unpaired) electrons. The molecule has 0 bridgehead atoms. The van der Waals surface area contributed by atoms with Crippen LogP contribution in [-0.4, -0.2) is 46.5 Å². The van der Waals surface area contributed by atoms with Crippen molar-refractivity contribution in [3.8, 4) is 0 Å². The maximum Gasteiger partial charge on any atom is 0.289 e. The van der Waals surface area contributed by atoms with Crippen LogP contribution in [0, 0.1) is 11.6 Å². The molecule has 2 fully saturated rings. The highest BCUT2D eigenvalue weighted by Crippen LogP contribution is 2.24. The van der Waals surface area contributed by atoms with E-state index in [2.05, 4.69) is 10.6 Å². The van der Waals surface area contributed by atoms with Gasteiger partial charge in [0.25, 0.3) is 5.91 Å². The maximum absolute atomic E-state index is 14.1. The third-order valence-corrected chi connectivity index (χ3v) is 6.07. The molecule has 34 heavy (non-hydrogen) atoms. The maximum atomic E-state index is 14.1. The van der Waals surface area contributed by atoms with Crippen LogP contribution in [0.4, 0.5) is 8.78 Å². The lowest BCUT2D eigenvalue weighted by Gasteiger charge is -2.26. The number of hydrogen-bond donors (Lipinski definition) is 2. The summed E-state index contributed by atoms with van der Waals surface area (Å²) in [5.74, 6) is -4.23. The van der Waals surface area contributed by atoms with Crippen LogP contribution in [0.25, 0.3) is 0 Å². The standard InChI is InChI=1S/C25H25F2N3O4/c26-18-7-4-8-19(27)17(18)14-30-21(11-12-22(30)31)24(33)29-20(13-15-5-2-1-3-6-15)23(32)25(34)28-16-9-10-16/h1-8,16,20-21H,9-14H2,(H,28,34)(H,29,33)/t20?,21-/m0/s1. The fourth-order valence-corrected chi connectivity index (χ4v) is 4.03. The fourth-order valence-electron chi connectivity index (χ4n) is 4.03. The van der Waals surface area contributed by atoms with Crippen LogP contribution >= 0.6 is 0 Å². The van der Waals surface area contributed by atoms with Gasteiger partial charge in [-0.3, -0.25) is 19.2 Å². The van der Waals surface area contributed by atoms with Crippen molar-refractivity contribution in [2.24, 2.45) is 0 Å². The van der Waals surface area contributed by atoms with Crippen LogP contribution in [0.15, 0.2) is 48.5 Å². The summed E-state index contributed by atoms with van der Waals surface area (Å²) in [6, 6.07) is 10.1. The Morgan fingerprint density at radius 3 is 2.29 bits per heavy atom. The number of nitrogens with zero attached hydrogens (tertiary/aromatic N) is 1. The minimum atomic E-state index is -1.14. The molecule has 1 aliphatic heterocycles. The molecule has 2 aromatic carbocycles. The van der Waals surface area contributed by atoms with Crippen molar-refractivity contribution in [2.45, 2.75) is 56.8 Å². The second kappa shape index (κ2) is 10.1. The molecule has 2 aromatic rings. The van der Waals surface area contributed by atoms with Gasteiger partial charge in [-0.05, 0) is 37.0 Å². The van der Waals surface area contributed by atoms with Gasteiger partial charge in [-0.25, -0.2) is 8.78 Å². The zero-order chi connectivity index (χ0) is 24.2. The van der Waals surface area contributed by atoms with Crippen LogP contribution in [-0.2, 0) is 32.1 Å².